The zero-order valence-electron chi connectivity index (χ0n) is 13.7. The maximum Gasteiger partial charge on any atom is 0.0159 e. The molecule has 1 aliphatic heterocycles. The maximum absolute atomic E-state index is 3.77. The van der Waals surface area contributed by atoms with Gasteiger partial charge in [-0.1, -0.05) is 20.8 Å². The Morgan fingerprint density at radius 2 is 1.75 bits per heavy atom. The van der Waals surface area contributed by atoms with Crippen LogP contribution >= 0.6 is 0 Å². The van der Waals surface area contributed by atoms with Crippen molar-refractivity contribution in [1.82, 2.24) is 15.1 Å². The third kappa shape index (κ3) is 3.20. The third-order valence-electron chi connectivity index (χ3n) is 5.86. The van der Waals surface area contributed by atoms with E-state index in [1.54, 1.807) is 0 Å². The topological polar surface area (TPSA) is 18.5 Å². The molecule has 1 saturated heterocycles. The Hall–Kier alpha value is -0.120. The van der Waals surface area contributed by atoms with E-state index < -0.39 is 0 Å². The second-order valence-corrected chi connectivity index (χ2v) is 7.89. The molecule has 1 N–H and O–H groups in total. The minimum absolute atomic E-state index is 0.483. The predicted molar refractivity (Wildman–Crippen MR) is 85.0 cm³/mol. The number of nitrogens with zero attached hydrogens (tertiary/aromatic N) is 2. The van der Waals surface area contributed by atoms with Crippen LogP contribution in [0.15, 0.2) is 0 Å². The number of nitrogens with one attached hydrogen (secondary N) is 1. The molecule has 3 fully saturated rings. The van der Waals surface area contributed by atoms with Crippen LogP contribution in [-0.4, -0.2) is 61.2 Å². The summed E-state index contributed by atoms with van der Waals surface area (Å²) in [6.07, 6.45) is 5.71. The van der Waals surface area contributed by atoms with E-state index in [1.807, 2.05) is 0 Å². The molecule has 0 spiro atoms. The van der Waals surface area contributed by atoms with E-state index >= 15 is 0 Å². The van der Waals surface area contributed by atoms with E-state index in [0.29, 0.717) is 11.5 Å². The van der Waals surface area contributed by atoms with Gasteiger partial charge in [-0.15, -0.1) is 0 Å². The van der Waals surface area contributed by atoms with Gasteiger partial charge in [-0.05, 0) is 43.6 Å². The fourth-order valence-electron chi connectivity index (χ4n) is 4.46. The lowest BCUT2D eigenvalue weighted by atomic mass is 9.84. The molecule has 2 aliphatic carbocycles. The highest BCUT2D eigenvalue weighted by atomic mass is 15.3. The molecule has 20 heavy (non-hydrogen) atoms. The Morgan fingerprint density at radius 3 is 2.35 bits per heavy atom. The Labute approximate surface area is 125 Å². The molecule has 2 unspecified atom stereocenters. The van der Waals surface area contributed by atoms with Gasteiger partial charge in [0.25, 0.3) is 0 Å². The summed E-state index contributed by atoms with van der Waals surface area (Å²) in [4.78, 5) is 5.45. The Kier molecular flexibility index (Phi) is 4.40. The van der Waals surface area contributed by atoms with Crippen LogP contribution in [0.2, 0.25) is 0 Å². The van der Waals surface area contributed by atoms with Gasteiger partial charge in [0, 0.05) is 44.8 Å². The van der Waals surface area contributed by atoms with E-state index in [-0.39, 0.29) is 0 Å². The van der Waals surface area contributed by atoms with Crippen LogP contribution in [0.1, 0.15) is 46.5 Å². The SMILES string of the molecule is CCNC1C(CN2CCN(C3CC3)CC2)CCC1(C)C. The third-order valence-corrected chi connectivity index (χ3v) is 5.86. The van der Waals surface area contributed by atoms with Crippen molar-refractivity contribution in [2.75, 3.05) is 39.3 Å². The fourth-order valence-corrected chi connectivity index (χ4v) is 4.46. The van der Waals surface area contributed by atoms with Gasteiger partial charge in [0.2, 0.25) is 0 Å². The summed E-state index contributed by atoms with van der Waals surface area (Å²) < 4.78 is 0. The molecule has 0 aromatic heterocycles. The number of piperazine rings is 1. The van der Waals surface area contributed by atoms with Crippen molar-refractivity contribution in [2.24, 2.45) is 11.3 Å². The summed E-state index contributed by atoms with van der Waals surface area (Å²) in [5, 5.41) is 3.77. The van der Waals surface area contributed by atoms with Crippen molar-refractivity contribution >= 4 is 0 Å². The highest BCUT2D eigenvalue weighted by molar-refractivity contribution is 4.97. The van der Waals surface area contributed by atoms with Crippen LogP contribution < -0.4 is 5.32 Å². The van der Waals surface area contributed by atoms with Gasteiger partial charge in [0.05, 0.1) is 0 Å². The predicted octanol–water partition coefficient (Wildman–Crippen LogP) is 2.18. The molecular weight excluding hydrogens is 246 g/mol. The van der Waals surface area contributed by atoms with Gasteiger partial charge in [-0.2, -0.15) is 0 Å². The van der Waals surface area contributed by atoms with E-state index in [4.69, 9.17) is 0 Å². The van der Waals surface area contributed by atoms with Gasteiger partial charge < -0.3 is 10.2 Å². The summed E-state index contributed by atoms with van der Waals surface area (Å²) in [6, 6.07) is 1.67. The maximum atomic E-state index is 3.77. The van der Waals surface area contributed by atoms with E-state index in [1.165, 1.54) is 58.4 Å². The molecule has 0 aromatic carbocycles. The minimum Gasteiger partial charge on any atom is -0.313 e. The summed E-state index contributed by atoms with van der Waals surface area (Å²) >= 11 is 0. The second-order valence-electron chi connectivity index (χ2n) is 7.89. The van der Waals surface area contributed by atoms with E-state index in [0.717, 1.165) is 18.5 Å². The molecule has 1 heterocycles. The van der Waals surface area contributed by atoms with Crippen molar-refractivity contribution in [3.8, 4) is 0 Å². The average molecular weight is 279 g/mol. The first-order valence-corrected chi connectivity index (χ1v) is 8.80. The summed E-state index contributed by atoms with van der Waals surface area (Å²) in [5.41, 5.74) is 0.483. The first kappa shape index (κ1) is 14.8. The molecule has 3 heteroatoms. The van der Waals surface area contributed by atoms with Crippen molar-refractivity contribution < 1.29 is 0 Å². The molecular formula is C17H33N3. The van der Waals surface area contributed by atoms with Crippen molar-refractivity contribution in [3.05, 3.63) is 0 Å². The molecule has 2 atom stereocenters. The smallest absolute Gasteiger partial charge is 0.0159 e. The fraction of sp³-hybridized carbons (Fsp3) is 1.00. The first-order chi connectivity index (χ1) is 9.60. The van der Waals surface area contributed by atoms with Crippen molar-refractivity contribution in [1.29, 1.82) is 0 Å². The van der Waals surface area contributed by atoms with Crippen LogP contribution in [0.4, 0.5) is 0 Å². The van der Waals surface area contributed by atoms with Crippen LogP contribution in [-0.2, 0) is 0 Å². The molecule has 0 aromatic rings. The molecule has 116 valence electrons. The van der Waals surface area contributed by atoms with Crippen LogP contribution in [0.25, 0.3) is 0 Å². The summed E-state index contributed by atoms with van der Waals surface area (Å²) in [6.45, 7) is 14.8. The molecule has 3 rings (SSSR count). The molecule has 0 bridgehead atoms. The highest BCUT2D eigenvalue weighted by Crippen LogP contribution is 2.41. The van der Waals surface area contributed by atoms with Gasteiger partial charge in [-0.3, -0.25) is 4.90 Å². The number of hydrogen-bond donors (Lipinski definition) is 1. The average Bonchev–Trinajstić information content (AvgIpc) is 3.22. The van der Waals surface area contributed by atoms with Crippen molar-refractivity contribution in [2.45, 2.75) is 58.5 Å². The lowest BCUT2D eigenvalue weighted by Crippen LogP contribution is -2.51. The Morgan fingerprint density at radius 1 is 1.05 bits per heavy atom. The van der Waals surface area contributed by atoms with Crippen LogP contribution in [0, 0.1) is 11.3 Å². The van der Waals surface area contributed by atoms with Crippen molar-refractivity contribution in [3.63, 3.8) is 0 Å². The standard InChI is InChI=1S/C17H33N3/c1-4-18-16-14(7-8-17(16,2)3)13-19-9-11-20(12-10-19)15-5-6-15/h14-16,18H,4-13H2,1-3H3. The number of rotatable bonds is 5. The second kappa shape index (κ2) is 5.94. The molecule has 3 nitrogen and oxygen atoms in total. The molecule has 0 amide bonds. The molecule has 2 saturated carbocycles. The molecule has 3 aliphatic rings. The lowest BCUT2D eigenvalue weighted by molar-refractivity contribution is 0.103. The van der Waals surface area contributed by atoms with Crippen LogP contribution in [0.3, 0.4) is 0 Å². The van der Waals surface area contributed by atoms with Gasteiger partial charge in [0.15, 0.2) is 0 Å². The highest BCUT2D eigenvalue weighted by Gasteiger charge is 2.42. The number of hydrogen-bond acceptors (Lipinski definition) is 3. The molecule has 0 radical (unpaired) electrons. The normalized spacial score (nSPS) is 35.5. The van der Waals surface area contributed by atoms with Gasteiger partial charge in [0.1, 0.15) is 0 Å². The summed E-state index contributed by atoms with van der Waals surface area (Å²) in [5.74, 6) is 0.859. The zero-order valence-corrected chi connectivity index (χ0v) is 13.7. The zero-order chi connectivity index (χ0) is 14.2. The Balaban J connectivity index is 1.49. The first-order valence-electron chi connectivity index (χ1n) is 8.80. The van der Waals surface area contributed by atoms with Gasteiger partial charge in [-0.25, -0.2) is 0 Å². The summed E-state index contributed by atoms with van der Waals surface area (Å²) in [7, 11) is 0. The monoisotopic (exact) mass is 279 g/mol. The van der Waals surface area contributed by atoms with Gasteiger partial charge >= 0.3 is 0 Å². The quantitative estimate of drug-likeness (QED) is 0.832. The lowest BCUT2D eigenvalue weighted by Gasteiger charge is -2.38. The minimum atomic E-state index is 0.483. The Bertz CT molecular complexity index is 316. The van der Waals surface area contributed by atoms with E-state index in [9.17, 15) is 0 Å². The van der Waals surface area contributed by atoms with E-state index in [2.05, 4.69) is 35.9 Å². The largest absolute Gasteiger partial charge is 0.313 e. The van der Waals surface area contributed by atoms with Crippen LogP contribution in [0.5, 0.6) is 0 Å².